The van der Waals surface area contributed by atoms with Crippen molar-refractivity contribution in [2.75, 3.05) is 5.32 Å². The predicted molar refractivity (Wildman–Crippen MR) is 69.5 cm³/mol. The fourth-order valence-electron chi connectivity index (χ4n) is 1.96. The van der Waals surface area contributed by atoms with Crippen molar-refractivity contribution in [3.63, 3.8) is 0 Å². The van der Waals surface area contributed by atoms with Gasteiger partial charge in [0.1, 0.15) is 5.60 Å². The average Bonchev–Trinajstić information content (AvgIpc) is 2.69. The molecule has 4 nitrogen and oxygen atoms in total. The standard InChI is InChI=1S/C14H19NO3/c1-9-5-6-12(11-8-17-7-10(9)11)15-13(16)18-14(2,3)4/h5-6H,7-8H2,1-4H3,(H,15,16). The summed E-state index contributed by atoms with van der Waals surface area (Å²) in [5.41, 5.74) is 3.71. The highest BCUT2D eigenvalue weighted by Crippen LogP contribution is 2.30. The predicted octanol–water partition coefficient (Wildman–Crippen LogP) is 3.37. The summed E-state index contributed by atoms with van der Waals surface area (Å²) in [5, 5.41) is 2.78. The zero-order chi connectivity index (χ0) is 13.3. The zero-order valence-corrected chi connectivity index (χ0v) is 11.3. The minimum Gasteiger partial charge on any atom is -0.444 e. The van der Waals surface area contributed by atoms with E-state index in [9.17, 15) is 4.79 Å². The van der Waals surface area contributed by atoms with Crippen LogP contribution in [0.5, 0.6) is 0 Å². The van der Waals surface area contributed by atoms with Gasteiger partial charge in [0, 0.05) is 11.3 Å². The Morgan fingerprint density at radius 1 is 1.28 bits per heavy atom. The van der Waals surface area contributed by atoms with Crippen molar-refractivity contribution in [3.8, 4) is 0 Å². The molecule has 1 aliphatic heterocycles. The summed E-state index contributed by atoms with van der Waals surface area (Å²) in [6.45, 7) is 8.73. The molecule has 0 saturated carbocycles. The molecule has 1 amide bonds. The van der Waals surface area contributed by atoms with Gasteiger partial charge in [-0.25, -0.2) is 4.79 Å². The number of carbonyl (C=O) groups excluding carboxylic acids is 1. The summed E-state index contributed by atoms with van der Waals surface area (Å²) in [6, 6.07) is 3.88. The first-order chi connectivity index (χ1) is 8.37. The number of ether oxygens (including phenoxy) is 2. The monoisotopic (exact) mass is 249 g/mol. The summed E-state index contributed by atoms with van der Waals surface area (Å²) < 4.78 is 10.7. The highest BCUT2D eigenvalue weighted by atomic mass is 16.6. The fraction of sp³-hybridized carbons (Fsp3) is 0.500. The second kappa shape index (κ2) is 4.61. The van der Waals surface area contributed by atoms with Crippen LogP contribution in [0.2, 0.25) is 0 Å². The highest BCUT2D eigenvalue weighted by Gasteiger charge is 2.21. The molecule has 98 valence electrons. The molecule has 1 N–H and O–H groups in total. The number of amides is 1. The van der Waals surface area contributed by atoms with E-state index in [1.165, 1.54) is 11.1 Å². The molecule has 1 aromatic carbocycles. The largest absolute Gasteiger partial charge is 0.444 e. The van der Waals surface area contributed by atoms with E-state index in [1.807, 2.05) is 39.8 Å². The molecule has 0 spiro atoms. The van der Waals surface area contributed by atoms with Crippen LogP contribution in [0.4, 0.5) is 10.5 Å². The molecule has 0 radical (unpaired) electrons. The Kier molecular flexibility index (Phi) is 3.30. The second-order valence-electron chi connectivity index (χ2n) is 5.51. The van der Waals surface area contributed by atoms with Crippen LogP contribution in [0.15, 0.2) is 12.1 Å². The molecular formula is C14H19NO3. The molecule has 4 heteroatoms. The van der Waals surface area contributed by atoms with Crippen molar-refractivity contribution < 1.29 is 14.3 Å². The van der Waals surface area contributed by atoms with E-state index in [-0.39, 0.29) is 0 Å². The second-order valence-corrected chi connectivity index (χ2v) is 5.51. The van der Waals surface area contributed by atoms with Gasteiger partial charge in [0.15, 0.2) is 0 Å². The van der Waals surface area contributed by atoms with Crippen LogP contribution in [0.3, 0.4) is 0 Å². The molecule has 1 aromatic rings. The molecule has 0 fully saturated rings. The molecule has 0 aromatic heterocycles. The zero-order valence-electron chi connectivity index (χ0n) is 11.3. The van der Waals surface area contributed by atoms with Crippen molar-refractivity contribution in [3.05, 3.63) is 28.8 Å². The molecule has 0 bridgehead atoms. The van der Waals surface area contributed by atoms with Crippen LogP contribution in [0, 0.1) is 6.92 Å². The Morgan fingerprint density at radius 2 is 1.94 bits per heavy atom. The number of carbonyl (C=O) groups is 1. The van der Waals surface area contributed by atoms with Crippen LogP contribution in [-0.4, -0.2) is 11.7 Å². The number of fused-ring (bicyclic) bond motifs is 1. The minimum atomic E-state index is -0.492. The van der Waals surface area contributed by atoms with Crippen molar-refractivity contribution in [2.24, 2.45) is 0 Å². The number of nitrogens with one attached hydrogen (secondary N) is 1. The van der Waals surface area contributed by atoms with Crippen LogP contribution >= 0.6 is 0 Å². The van der Waals surface area contributed by atoms with Gasteiger partial charge in [0.25, 0.3) is 0 Å². The first-order valence-electron chi connectivity index (χ1n) is 6.06. The van der Waals surface area contributed by atoms with Gasteiger partial charge in [-0.05, 0) is 44.9 Å². The van der Waals surface area contributed by atoms with Gasteiger partial charge >= 0.3 is 6.09 Å². The topological polar surface area (TPSA) is 47.6 Å². The Balaban J connectivity index is 2.16. The molecule has 0 aliphatic carbocycles. The molecule has 0 unspecified atom stereocenters. The molecule has 18 heavy (non-hydrogen) atoms. The molecule has 1 heterocycles. The van der Waals surface area contributed by atoms with E-state index in [2.05, 4.69) is 5.32 Å². The van der Waals surface area contributed by atoms with Gasteiger partial charge in [-0.2, -0.15) is 0 Å². The van der Waals surface area contributed by atoms with E-state index in [0.717, 1.165) is 11.3 Å². The van der Waals surface area contributed by atoms with Crippen LogP contribution in [0.25, 0.3) is 0 Å². The third kappa shape index (κ3) is 2.82. The normalized spacial score (nSPS) is 14.2. The maximum atomic E-state index is 11.7. The average molecular weight is 249 g/mol. The highest BCUT2D eigenvalue weighted by molar-refractivity contribution is 5.86. The van der Waals surface area contributed by atoms with E-state index >= 15 is 0 Å². The Hall–Kier alpha value is -1.55. The van der Waals surface area contributed by atoms with E-state index < -0.39 is 11.7 Å². The number of benzene rings is 1. The van der Waals surface area contributed by atoms with Crippen molar-refractivity contribution >= 4 is 11.8 Å². The summed E-state index contributed by atoms with van der Waals surface area (Å²) in [5.74, 6) is 0. The third-order valence-electron chi connectivity index (χ3n) is 2.79. The lowest BCUT2D eigenvalue weighted by Gasteiger charge is -2.20. The molecule has 1 aliphatic rings. The van der Waals surface area contributed by atoms with Crippen LogP contribution in [0.1, 0.15) is 37.5 Å². The van der Waals surface area contributed by atoms with Crippen molar-refractivity contribution in [1.82, 2.24) is 0 Å². The molecule has 2 rings (SSSR count). The summed E-state index contributed by atoms with van der Waals surface area (Å²) in [4.78, 5) is 11.7. The van der Waals surface area contributed by atoms with Gasteiger partial charge in [0.05, 0.1) is 13.2 Å². The van der Waals surface area contributed by atoms with Crippen LogP contribution in [-0.2, 0) is 22.7 Å². The molecule has 0 saturated heterocycles. The summed E-state index contributed by atoms with van der Waals surface area (Å²) in [7, 11) is 0. The van der Waals surface area contributed by atoms with E-state index in [4.69, 9.17) is 9.47 Å². The van der Waals surface area contributed by atoms with E-state index in [1.54, 1.807) is 0 Å². The smallest absolute Gasteiger partial charge is 0.412 e. The van der Waals surface area contributed by atoms with Crippen LogP contribution < -0.4 is 5.32 Å². The first kappa shape index (κ1) is 12.9. The number of anilines is 1. The quantitative estimate of drug-likeness (QED) is 0.830. The lowest BCUT2D eigenvalue weighted by molar-refractivity contribution is 0.0635. The lowest BCUT2D eigenvalue weighted by atomic mass is 10.0. The number of rotatable bonds is 1. The first-order valence-corrected chi connectivity index (χ1v) is 6.06. The Morgan fingerprint density at radius 3 is 2.61 bits per heavy atom. The number of hydrogen-bond donors (Lipinski definition) is 1. The summed E-state index contributed by atoms with van der Waals surface area (Å²) in [6.07, 6.45) is -0.430. The SMILES string of the molecule is Cc1ccc(NC(=O)OC(C)(C)C)c2c1COC2. The molecule has 0 atom stereocenters. The van der Waals surface area contributed by atoms with Gasteiger partial charge in [-0.15, -0.1) is 0 Å². The minimum absolute atomic E-state index is 0.430. The maximum Gasteiger partial charge on any atom is 0.412 e. The van der Waals surface area contributed by atoms with Gasteiger partial charge in [0.2, 0.25) is 0 Å². The molecular weight excluding hydrogens is 230 g/mol. The maximum absolute atomic E-state index is 11.7. The van der Waals surface area contributed by atoms with E-state index in [0.29, 0.717) is 13.2 Å². The summed E-state index contributed by atoms with van der Waals surface area (Å²) >= 11 is 0. The third-order valence-corrected chi connectivity index (χ3v) is 2.79. The van der Waals surface area contributed by atoms with Crippen molar-refractivity contribution in [1.29, 1.82) is 0 Å². The van der Waals surface area contributed by atoms with Gasteiger partial charge in [-0.1, -0.05) is 6.07 Å². The van der Waals surface area contributed by atoms with Gasteiger partial charge in [-0.3, -0.25) is 5.32 Å². The van der Waals surface area contributed by atoms with Gasteiger partial charge < -0.3 is 9.47 Å². The fourth-order valence-corrected chi connectivity index (χ4v) is 1.96. The Bertz CT molecular complexity index is 475. The number of hydrogen-bond acceptors (Lipinski definition) is 3. The number of aryl methyl sites for hydroxylation is 1. The van der Waals surface area contributed by atoms with Crippen molar-refractivity contribution in [2.45, 2.75) is 46.5 Å². The Labute approximate surface area is 107 Å². The lowest BCUT2D eigenvalue weighted by Crippen LogP contribution is -2.27.